The van der Waals surface area contributed by atoms with Gasteiger partial charge in [0.2, 0.25) is 5.89 Å². The van der Waals surface area contributed by atoms with Crippen molar-refractivity contribution in [1.82, 2.24) is 14.7 Å². The summed E-state index contributed by atoms with van der Waals surface area (Å²) in [4.78, 5) is 15.0. The van der Waals surface area contributed by atoms with Crippen LogP contribution in [0, 0.1) is 10.1 Å². The zero-order chi connectivity index (χ0) is 15.0. The van der Waals surface area contributed by atoms with Crippen LogP contribution in [0.25, 0.3) is 10.9 Å². The highest BCUT2D eigenvalue weighted by molar-refractivity contribution is 5.89. The monoisotopic (exact) mass is 286 g/mol. The van der Waals surface area contributed by atoms with Crippen molar-refractivity contribution < 1.29 is 9.45 Å². The summed E-state index contributed by atoms with van der Waals surface area (Å²) in [5.74, 6) is 1.35. The Hall–Kier alpha value is -2.70. The van der Waals surface area contributed by atoms with Crippen LogP contribution >= 0.6 is 0 Å². The van der Waals surface area contributed by atoms with Crippen molar-refractivity contribution in [3.63, 3.8) is 0 Å². The number of hydrogen-bond acceptors (Lipinski definition) is 5. The summed E-state index contributed by atoms with van der Waals surface area (Å²) in [5, 5.41) is 15.5. The number of benzene rings is 1. The van der Waals surface area contributed by atoms with Crippen LogP contribution in [0.2, 0.25) is 0 Å². The summed E-state index contributed by atoms with van der Waals surface area (Å²) in [7, 11) is 0. The first-order chi connectivity index (χ1) is 10.1. The molecule has 108 valence electrons. The molecule has 0 aliphatic rings. The summed E-state index contributed by atoms with van der Waals surface area (Å²) in [5.41, 5.74) is 0.869. The molecule has 0 N–H and O–H groups in total. The van der Waals surface area contributed by atoms with Crippen LogP contribution in [-0.2, 0) is 6.54 Å². The van der Waals surface area contributed by atoms with Crippen molar-refractivity contribution >= 4 is 16.6 Å². The Bertz CT molecular complexity index is 804. The number of nitro groups is 1. The molecule has 2 heterocycles. The Labute approximate surface area is 120 Å². The number of aromatic nitrogens is 3. The second-order valence-corrected chi connectivity index (χ2v) is 5.11. The lowest BCUT2D eigenvalue weighted by atomic mass is 10.2. The van der Waals surface area contributed by atoms with E-state index in [9.17, 15) is 10.1 Å². The lowest BCUT2D eigenvalue weighted by Crippen LogP contribution is -1.99. The highest BCUT2D eigenvalue weighted by atomic mass is 16.6. The standard InChI is InChI=1S/C14H14N4O3/c1-9(2)14-15-13(21-16-14)8-17-7-6-10-11(17)4-3-5-12(10)18(19)20/h3-7,9H,8H2,1-2H3. The molecule has 0 bridgehead atoms. The van der Waals surface area contributed by atoms with Crippen LogP contribution in [0.1, 0.15) is 31.5 Å². The second-order valence-electron chi connectivity index (χ2n) is 5.11. The minimum atomic E-state index is -0.379. The molecule has 0 saturated carbocycles. The Morgan fingerprint density at radius 3 is 2.86 bits per heavy atom. The molecular weight excluding hydrogens is 272 g/mol. The van der Waals surface area contributed by atoms with Crippen molar-refractivity contribution in [3.05, 3.63) is 52.3 Å². The van der Waals surface area contributed by atoms with Crippen LogP contribution in [0.5, 0.6) is 0 Å². The molecule has 0 aliphatic heterocycles. The molecule has 0 spiro atoms. The minimum Gasteiger partial charge on any atom is -0.338 e. The molecule has 7 nitrogen and oxygen atoms in total. The van der Waals surface area contributed by atoms with Gasteiger partial charge in [0.1, 0.15) is 6.54 Å². The maximum atomic E-state index is 11.0. The van der Waals surface area contributed by atoms with E-state index in [4.69, 9.17) is 4.52 Å². The van der Waals surface area contributed by atoms with Crippen molar-refractivity contribution in [2.75, 3.05) is 0 Å². The van der Waals surface area contributed by atoms with Gasteiger partial charge in [-0.1, -0.05) is 25.1 Å². The number of nitro benzene ring substituents is 1. The predicted molar refractivity (Wildman–Crippen MR) is 76.1 cm³/mol. The fourth-order valence-electron chi connectivity index (χ4n) is 2.22. The van der Waals surface area contributed by atoms with E-state index in [0.717, 1.165) is 5.52 Å². The largest absolute Gasteiger partial charge is 0.338 e. The van der Waals surface area contributed by atoms with Gasteiger partial charge in [-0.15, -0.1) is 0 Å². The minimum absolute atomic E-state index is 0.0969. The molecule has 0 unspecified atom stereocenters. The van der Waals surface area contributed by atoms with Crippen LogP contribution in [0.15, 0.2) is 35.0 Å². The molecule has 0 radical (unpaired) electrons. The highest BCUT2D eigenvalue weighted by Gasteiger charge is 2.15. The first-order valence-corrected chi connectivity index (χ1v) is 6.61. The number of rotatable bonds is 4. The lowest BCUT2D eigenvalue weighted by molar-refractivity contribution is -0.383. The third-order valence-electron chi connectivity index (χ3n) is 3.29. The molecule has 21 heavy (non-hydrogen) atoms. The molecule has 1 aromatic carbocycles. The van der Waals surface area contributed by atoms with Crippen LogP contribution in [0.3, 0.4) is 0 Å². The Morgan fingerprint density at radius 2 is 2.19 bits per heavy atom. The van der Waals surface area contributed by atoms with Gasteiger partial charge in [0, 0.05) is 18.2 Å². The van der Waals surface area contributed by atoms with Gasteiger partial charge in [0.25, 0.3) is 5.69 Å². The van der Waals surface area contributed by atoms with E-state index < -0.39 is 0 Å². The van der Waals surface area contributed by atoms with E-state index >= 15 is 0 Å². The van der Waals surface area contributed by atoms with Gasteiger partial charge in [-0.05, 0) is 12.1 Å². The molecule has 3 rings (SSSR count). The topological polar surface area (TPSA) is 87.0 Å². The Kier molecular flexibility index (Phi) is 3.17. The van der Waals surface area contributed by atoms with Gasteiger partial charge < -0.3 is 9.09 Å². The molecular formula is C14H14N4O3. The number of nitrogens with zero attached hydrogens (tertiary/aromatic N) is 4. The van der Waals surface area contributed by atoms with Gasteiger partial charge in [-0.3, -0.25) is 10.1 Å². The van der Waals surface area contributed by atoms with E-state index in [0.29, 0.717) is 23.6 Å². The van der Waals surface area contributed by atoms with E-state index in [1.54, 1.807) is 18.3 Å². The number of hydrogen-bond donors (Lipinski definition) is 0. The fraction of sp³-hybridized carbons (Fsp3) is 0.286. The van der Waals surface area contributed by atoms with Crippen molar-refractivity contribution in [1.29, 1.82) is 0 Å². The third kappa shape index (κ3) is 2.37. The quantitative estimate of drug-likeness (QED) is 0.543. The van der Waals surface area contributed by atoms with Gasteiger partial charge in [-0.2, -0.15) is 4.98 Å². The summed E-state index contributed by atoms with van der Waals surface area (Å²) >= 11 is 0. The van der Waals surface area contributed by atoms with Crippen molar-refractivity contribution in [2.24, 2.45) is 0 Å². The Balaban J connectivity index is 1.97. The first kappa shape index (κ1) is 13.3. The van der Waals surface area contributed by atoms with Crippen LogP contribution in [-0.4, -0.2) is 19.6 Å². The second kappa shape index (κ2) is 5.01. The predicted octanol–water partition coefficient (Wildman–Crippen LogP) is 3.10. The van der Waals surface area contributed by atoms with Crippen LogP contribution < -0.4 is 0 Å². The van der Waals surface area contributed by atoms with E-state index in [2.05, 4.69) is 10.1 Å². The average Bonchev–Trinajstić information content (AvgIpc) is 3.06. The smallest absolute Gasteiger partial charge is 0.278 e. The molecule has 0 amide bonds. The lowest BCUT2D eigenvalue weighted by Gasteiger charge is -2.01. The van der Waals surface area contributed by atoms with Crippen molar-refractivity contribution in [2.45, 2.75) is 26.3 Å². The number of fused-ring (bicyclic) bond motifs is 1. The molecule has 3 aromatic rings. The normalized spacial score (nSPS) is 11.4. The molecule has 0 atom stereocenters. The zero-order valence-electron chi connectivity index (χ0n) is 11.7. The molecule has 7 heteroatoms. The summed E-state index contributed by atoms with van der Waals surface area (Å²) in [6.45, 7) is 4.37. The summed E-state index contributed by atoms with van der Waals surface area (Å²) in [6.07, 6.45) is 1.79. The van der Waals surface area contributed by atoms with Gasteiger partial charge >= 0.3 is 0 Å². The molecule has 0 aliphatic carbocycles. The van der Waals surface area contributed by atoms with E-state index in [-0.39, 0.29) is 16.5 Å². The van der Waals surface area contributed by atoms with E-state index in [1.165, 1.54) is 6.07 Å². The summed E-state index contributed by atoms with van der Waals surface area (Å²) < 4.78 is 7.07. The highest BCUT2D eigenvalue weighted by Crippen LogP contribution is 2.26. The molecule has 2 aromatic heterocycles. The van der Waals surface area contributed by atoms with Crippen LogP contribution in [0.4, 0.5) is 5.69 Å². The zero-order valence-corrected chi connectivity index (χ0v) is 11.7. The average molecular weight is 286 g/mol. The number of non-ortho nitro benzene ring substituents is 1. The van der Waals surface area contributed by atoms with Gasteiger partial charge in [-0.25, -0.2) is 0 Å². The first-order valence-electron chi connectivity index (χ1n) is 6.61. The van der Waals surface area contributed by atoms with E-state index in [1.807, 2.05) is 24.5 Å². The van der Waals surface area contributed by atoms with Crippen molar-refractivity contribution in [3.8, 4) is 0 Å². The SMILES string of the molecule is CC(C)c1noc(Cn2ccc3c([N+](=O)[O-])cccc32)n1. The third-order valence-corrected chi connectivity index (χ3v) is 3.29. The van der Waals surface area contributed by atoms with Gasteiger partial charge in [0.05, 0.1) is 15.8 Å². The molecule has 0 fully saturated rings. The Morgan fingerprint density at radius 1 is 1.38 bits per heavy atom. The fourth-order valence-corrected chi connectivity index (χ4v) is 2.22. The maximum absolute atomic E-state index is 11.0. The maximum Gasteiger partial charge on any atom is 0.278 e. The molecule has 0 saturated heterocycles. The van der Waals surface area contributed by atoms with Gasteiger partial charge in [0.15, 0.2) is 5.82 Å². The summed E-state index contributed by atoms with van der Waals surface area (Å²) in [6, 6.07) is 6.73.